The number of carbonyl (C=O) groups excluding carboxylic acids is 1. The summed E-state index contributed by atoms with van der Waals surface area (Å²) in [5.74, 6) is 5.85. The molecule has 0 fully saturated rings. The molecule has 3 rings (SSSR count). The topological polar surface area (TPSA) is 105 Å². The molecule has 0 heterocycles. The summed E-state index contributed by atoms with van der Waals surface area (Å²) in [6.45, 7) is 4.74. The first-order valence-electron chi connectivity index (χ1n) is 16.0. The summed E-state index contributed by atoms with van der Waals surface area (Å²) in [5.41, 5.74) is 8.76. The summed E-state index contributed by atoms with van der Waals surface area (Å²) in [6.07, 6.45) is 15.3. The van der Waals surface area contributed by atoms with Gasteiger partial charge < -0.3 is 15.2 Å². The van der Waals surface area contributed by atoms with Gasteiger partial charge in [0.2, 0.25) is 0 Å². The second-order valence-electron chi connectivity index (χ2n) is 11.2. The number of hydrogen-bond donors (Lipinski definition) is 1. The summed E-state index contributed by atoms with van der Waals surface area (Å²) in [4.78, 5) is 24.0. The molecule has 3 aromatic rings. The number of ether oxygens (including phenoxy) is 2. The molecule has 2 N–H and O–H groups in total. The average molecular weight is 599 g/mol. The Hall–Kier alpha value is -4.31. The summed E-state index contributed by atoms with van der Waals surface area (Å²) in [6, 6.07) is 17.6. The molecule has 7 heteroatoms. The van der Waals surface area contributed by atoms with Crippen LogP contribution in [0, 0.1) is 22.0 Å². The molecule has 0 aliphatic rings. The Morgan fingerprint density at radius 2 is 1.32 bits per heavy atom. The minimum absolute atomic E-state index is 0.0491. The molecule has 0 aliphatic heterocycles. The highest BCUT2D eigenvalue weighted by atomic mass is 16.6. The van der Waals surface area contributed by atoms with E-state index in [-0.39, 0.29) is 28.4 Å². The maximum atomic E-state index is 12.9. The van der Waals surface area contributed by atoms with Gasteiger partial charge in [-0.3, -0.25) is 10.1 Å². The van der Waals surface area contributed by atoms with E-state index >= 15 is 0 Å². The molecule has 0 bridgehead atoms. The van der Waals surface area contributed by atoms with Crippen molar-refractivity contribution in [3.05, 3.63) is 93.0 Å². The highest BCUT2D eigenvalue weighted by Gasteiger charge is 2.23. The lowest BCUT2D eigenvalue weighted by Gasteiger charge is -2.11. The van der Waals surface area contributed by atoms with Crippen molar-refractivity contribution >= 4 is 17.3 Å². The van der Waals surface area contributed by atoms with Crippen LogP contribution in [-0.2, 0) is 6.42 Å². The third kappa shape index (κ3) is 11.8. The molecule has 0 saturated carbocycles. The highest BCUT2D eigenvalue weighted by molar-refractivity contribution is 5.97. The van der Waals surface area contributed by atoms with Crippen LogP contribution in [0.25, 0.3) is 0 Å². The third-order valence-electron chi connectivity index (χ3n) is 7.49. The van der Waals surface area contributed by atoms with E-state index in [9.17, 15) is 14.9 Å². The van der Waals surface area contributed by atoms with Gasteiger partial charge in [0.25, 0.3) is 0 Å². The number of benzene rings is 3. The van der Waals surface area contributed by atoms with E-state index < -0.39 is 10.9 Å². The Bertz CT molecular complexity index is 1390. The van der Waals surface area contributed by atoms with E-state index in [4.69, 9.17) is 15.2 Å². The molecule has 0 atom stereocenters. The van der Waals surface area contributed by atoms with Crippen molar-refractivity contribution in [2.45, 2.75) is 97.3 Å². The molecule has 0 amide bonds. The Kier molecular flexibility index (Phi) is 14.8. The number of unbranched alkanes of at least 4 members (excludes halogenated alkanes) is 10. The van der Waals surface area contributed by atoms with Gasteiger partial charge in [-0.2, -0.15) is 0 Å². The molecule has 3 aromatic carbocycles. The lowest BCUT2D eigenvalue weighted by molar-refractivity contribution is -0.385. The van der Waals surface area contributed by atoms with E-state index in [1.54, 1.807) is 24.3 Å². The van der Waals surface area contributed by atoms with Crippen molar-refractivity contribution in [1.29, 1.82) is 0 Å². The predicted molar refractivity (Wildman–Crippen MR) is 177 cm³/mol. The number of nitrogens with zero attached hydrogens (tertiary/aromatic N) is 1. The van der Waals surface area contributed by atoms with E-state index in [1.807, 2.05) is 12.1 Å². The van der Waals surface area contributed by atoms with Crippen molar-refractivity contribution in [2.75, 3.05) is 12.3 Å². The molecule has 7 nitrogen and oxygen atoms in total. The number of carbonyl (C=O) groups is 1. The molecule has 0 saturated heterocycles. The van der Waals surface area contributed by atoms with E-state index in [0.717, 1.165) is 42.9 Å². The fourth-order valence-electron chi connectivity index (χ4n) is 4.86. The standard InChI is InChI=1S/C37H46N2O5/c1-3-5-7-9-11-13-15-29-16-18-30(19-17-29)20-21-31-22-24-32(25-23-31)44-37(40)33-27-35(39(41)42)36(28-34(33)38)43-26-14-12-10-8-6-4-2/h16-19,22-25,27-28H,3-15,26,38H2,1-2H3. The Labute approximate surface area is 262 Å². The zero-order valence-corrected chi connectivity index (χ0v) is 26.2. The molecule has 44 heavy (non-hydrogen) atoms. The monoisotopic (exact) mass is 598 g/mol. The Morgan fingerprint density at radius 1 is 0.773 bits per heavy atom. The van der Waals surface area contributed by atoms with Crippen molar-refractivity contribution < 1.29 is 19.2 Å². The van der Waals surface area contributed by atoms with Gasteiger partial charge in [-0.25, -0.2) is 4.79 Å². The first-order valence-corrected chi connectivity index (χ1v) is 16.0. The minimum Gasteiger partial charge on any atom is -0.487 e. The number of nitrogens with two attached hydrogens (primary N) is 1. The van der Waals surface area contributed by atoms with Crippen LogP contribution in [-0.4, -0.2) is 17.5 Å². The zero-order valence-electron chi connectivity index (χ0n) is 26.2. The molecule has 234 valence electrons. The molecule has 0 aliphatic carbocycles. The largest absolute Gasteiger partial charge is 0.487 e. The van der Waals surface area contributed by atoms with Crippen LogP contribution >= 0.6 is 0 Å². The summed E-state index contributed by atoms with van der Waals surface area (Å²) in [7, 11) is 0. The van der Waals surface area contributed by atoms with Gasteiger partial charge in [0.05, 0.1) is 22.8 Å². The SMILES string of the molecule is CCCCCCCCOc1cc(N)c(C(=O)Oc2ccc(C#Cc3ccc(CCCCCCCC)cc3)cc2)cc1[N+](=O)[O-]. The Morgan fingerprint density at radius 3 is 1.91 bits per heavy atom. The number of anilines is 1. The molecule has 0 aromatic heterocycles. The van der Waals surface area contributed by atoms with E-state index in [1.165, 1.54) is 69.4 Å². The maximum absolute atomic E-state index is 12.9. The van der Waals surface area contributed by atoms with Crippen molar-refractivity contribution in [1.82, 2.24) is 0 Å². The third-order valence-corrected chi connectivity index (χ3v) is 7.49. The number of nitrogen functional groups attached to an aromatic ring is 1. The minimum atomic E-state index is -0.784. The van der Waals surface area contributed by atoms with Crippen LogP contribution in [0.2, 0.25) is 0 Å². The quantitative estimate of drug-likeness (QED) is 0.0297. The lowest BCUT2D eigenvalue weighted by Crippen LogP contribution is -2.12. The fourth-order valence-corrected chi connectivity index (χ4v) is 4.86. The second-order valence-corrected chi connectivity index (χ2v) is 11.2. The van der Waals surface area contributed by atoms with Crippen LogP contribution in [0.15, 0.2) is 60.7 Å². The second kappa shape index (κ2) is 19.1. The maximum Gasteiger partial charge on any atom is 0.345 e. The van der Waals surface area contributed by atoms with Crippen LogP contribution in [0.5, 0.6) is 11.5 Å². The average Bonchev–Trinajstić information content (AvgIpc) is 3.02. The van der Waals surface area contributed by atoms with Gasteiger partial charge in [-0.15, -0.1) is 0 Å². The number of aryl methyl sites for hydroxylation is 1. The number of nitro groups is 1. The zero-order chi connectivity index (χ0) is 31.6. The number of nitro benzene ring substituents is 1. The number of hydrogen-bond acceptors (Lipinski definition) is 6. The predicted octanol–water partition coefficient (Wildman–Crippen LogP) is 9.44. The summed E-state index contributed by atoms with van der Waals surface area (Å²) < 4.78 is 11.1. The highest BCUT2D eigenvalue weighted by Crippen LogP contribution is 2.33. The van der Waals surface area contributed by atoms with E-state index in [0.29, 0.717) is 6.61 Å². The molecular formula is C37H46N2O5. The van der Waals surface area contributed by atoms with Gasteiger partial charge in [0.1, 0.15) is 5.75 Å². The van der Waals surface area contributed by atoms with Crippen LogP contribution in [0.3, 0.4) is 0 Å². The Balaban J connectivity index is 1.54. The summed E-state index contributed by atoms with van der Waals surface area (Å²) >= 11 is 0. The van der Waals surface area contributed by atoms with Crippen LogP contribution < -0.4 is 15.2 Å². The van der Waals surface area contributed by atoms with Gasteiger partial charge in [0.15, 0.2) is 5.75 Å². The lowest BCUT2D eigenvalue weighted by atomic mass is 10.0. The van der Waals surface area contributed by atoms with E-state index in [2.05, 4.69) is 37.8 Å². The first-order chi connectivity index (χ1) is 21.4. The normalized spacial score (nSPS) is 10.6. The van der Waals surface area contributed by atoms with Gasteiger partial charge in [-0.05, 0) is 61.2 Å². The van der Waals surface area contributed by atoms with Crippen molar-refractivity contribution in [2.24, 2.45) is 0 Å². The van der Waals surface area contributed by atoms with Crippen LogP contribution in [0.1, 0.15) is 118 Å². The van der Waals surface area contributed by atoms with Crippen LogP contribution in [0.4, 0.5) is 11.4 Å². The fraction of sp³-hybridized carbons (Fsp3) is 0.432. The molecule has 0 spiro atoms. The van der Waals surface area contributed by atoms with Gasteiger partial charge >= 0.3 is 11.7 Å². The summed E-state index contributed by atoms with van der Waals surface area (Å²) in [5, 5.41) is 11.7. The van der Waals surface area contributed by atoms with Crippen molar-refractivity contribution in [3.63, 3.8) is 0 Å². The number of rotatable bonds is 18. The molecule has 0 unspecified atom stereocenters. The van der Waals surface area contributed by atoms with Gasteiger partial charge in [-0.1, -0.05) is 102 Å². The van der Waals surface area contributed by atoms with Crippen molar-refractivity contribution in [3.8, 4) is 23.3 Å². The number of esters is 1. The first kappa shape index (κ1) is 34.2. The molecular weight excluding hydrogens is 552 g/mol. The smallest absolute Gasteiger partial charge is 0.345 e. The molecule has 0 radical (unpaired) electrons. The van der Waals surface area contributed by atoms with Gasteiger partial charge in [0, 0.05) is 23.3 Å².